The lowest BCUT2D eigenvalue weighted by atomic mass is 10.1. The van der Waals surface area contributed by atoms with E-state index in [1.807, 2.05) is 24.3 Å². The van der Waals surface area contributed by atoms with Crippen molar-refractivity contribution in [2.75, 3.05) is 7.05 Å². The van der Waals surface area contributed by atoms with Gasteiger partial charge in [0.1, 0.15) is 23.3 Å². The Bertz CT molecular complexity index is 775. The van der Waals surface area contributed by atoms with Crippen molar-refractivity contribution < 1.29 is 8.94 Å². The molecule has 6 heteroatoms. The first kappa shape index (κ1) is 14.2. The van der Waals surface area contributed by atoms with Gasteiger partial charge in [-0.25, -0.2) is 0 Å². The van der Waals surface area contributed by atoms with E-state index in [9.17, 15) is 0 Å². The summed E-state index contributed by atoms with van der Waals surface area (Å²) in [4.78, 5) is 4.18. The van der Waals surface area contributed by atoms with Gasteiger partial charge in [0.2, 0.25) is 0 Å². The van der Waals surface area contributed by atoms with E-state index < -0.39 is 0 Å². The second-order valence-corrected chi connectivity index (χ2v) is 4.92. The molecule has 0 radical (unpaired) electrons. The predicted octanol–water partition coefficient (Wildman–Crippen LogP) is 2.59. The molecular formula is C16H18N4O2. The van der Waals surface area contributed by atoms with Crippen LogP contribution < -0.4 is 10.6 Å². The molecule has 0 saturated carbocycles. The number of aliphatic imine (C=N–C) groups is 1. The van der Waals surface area contributed by atoms with E-state index in [0.717, 1.165) is 28.0 Å². The summed E-state index contributed by atoms with van der Waals surface area (Å²) < 4.78 is 10.7. The number of aromatic nitrogens is 1. The minimum Gasteiger partial charge on any atom is -0.459 e. The van der Waals surface area contributed by atoms with Crippen LogP contribution >= 0.6 is 0 Å². The average molecular weight is 298 g/mol. The first-order valence-corrected chi connectivity index (χ1v) is 7.08. The summed E-state index contributed by atoms with van der Waals surface area (Å²) in [5, 5.41) is 11.4. The molecule has 0 amide bonds. The van der Waals surface area contributed by atoms with Crippen molar-refractivity contribution >= 4 is 16.9 Å². The van der Waals surface area contributed by atoms with Crippen molar-refractivity contribution in [1.29, 1.82) is 0 Å². The van der Waals surface area contributed by atoms with E-state index in [1.54, 1.807) is 13.3 Å². The number of nitrogens with one attached hydrogen (secondary N) is 2. The van der Waals surface area contributed by atoms with Crippen LogP contribution in [-0.4, -0.2) is 18.2 Å². The summed E-state index contributed by atoms with van der Waals surface area (Å²) >= 11 is 0. The largest absolute Gasteiger partial charge is 0.459 e. The van der Waals surface area contributed by atoms with Gasteiger partial charge in [0, 0.05) is 24.1 Å². The van der Waals surface area contributed by atoms with Crippen LogP contribution in [0.25, 0.3) is 11.0 Å². The Morgan fingerprint density at radius 3 is 2.73 bits per heavy atom. The summed E-state index contributed by atoms with van der Waals surface area (Å²) in [6, 6.07) is 9.84. The van der Waals surface area contributed by atoms with Gasteiger partial charge in [-0.15, -0.1) is 0 Å². The molecule has 3 rings (SSSR count). The third kappa shape index (κ3) is 2.95. The van der Waals surface area contributed by atoms with Gasteiger partial charge in [-0.3, -0.25) is 4.99 Å². The summed E-state index contributed by atoms with van der Waals surface area (Å²) in [5.41, 5.74) is 2.88. The third-order valence-electron chi connectivity index (χ3n) is 3.51. The minimum absolute atomic E-state index is 0.551. The van der Waals surface area contributed by atoms with Gasteiger partial charge >= 0.3 is 0 Å². The molecule has 0 aliphatic heterocycles. The Morgan fingerprint density at radius 1 is 1.18 bits per heavy atom. The van der Waals surface area contributed by atoms with Crippen LogP contribution in [0.1, 0.15) is 17.0 Å². The number of furan rings is 1. The quantitative estimate of drug-likeness (QED) is 0.572. The number of aryl methyl sites for hydroxylation is 1. The van der Waals surface area contributed by atoms with E-state index in [-0.39, 0.29) is 0 Å². The second-order valence-electron chi connectivity index (χ2n) is 4.92. The second kappa shape index (κ2) is 6.34. The zero-order valence-electron chi connectivity index (χ0n) is 12.6. The van der Waals surface area contributed by atoms with Crippen LogP contribution in [-0.2, 0) is 13.1 Å². The van der Waals surface area contributed by atoms with Crippen molar-refractivity contribution in [3.05, 3.63) is 53.6 Å². The highest BCUT2D eigenvalue weighted by molar-refractivity contribution is 5.82. The molecule has 2 aromatic heterocycles. The molecule has 6 nitrogen and oxygen atoms in total. The number of benzene rings is 1. The topological polar surface area (TPSA) is 75.6 Å². The molecule has 0 fully saturated rings. The number of para-hydroxylation sites is 1. The number of hydrogen-bond acceptors (Lipinski definition) is 4. The highest BCUT2D eigenvalue weighted by Gasteiger charge is 2.10. The SMILES string of the molecule is CN=C(NCc1ccon1)NCc1oc2ccccc2c1C. The van der Waals surface area contributed by atoms with Gasteiger partial charge < -0.3 is 19.6 Å². The molecule has 0 aliphatic carbocycles. The van der Waals surface area contributed by atoms with Crippen LogP contribution in [0.15, 0.2) is 50.5 Å². The van der Waals surface area contributed by atoms with E-state index in [0.29, 0.717) is 19.0 Å². The van der Waals surface area contributed by atoms with Gasteiger partial charge in [0.25, 0.3) is 0 Å². The maximum absolute atomic E-state index is 5.87. The summed E-state index contributed by atoms with van der Waals surface area (Å²) in [6.07, 6.45) is 1.55. The van der Waals surface area contributed by atoms with Gasteiger partial charge in [-0.2, -0.15) is 0 Å². The van der Waals surface area contributed by atoms with Crippen molar-refractivity contribution in [3.8, 4) is 0 Å². The molecule has 2 heterocycles. The van der Waals surface area contributed by atoms with Gasteiger partial charge in [-0.05, 0) is 13.0 Å². The molecule has 0 aliphatic rings. The Labute approximate surface area is 128 Å². The number of rotatable bonds is 4. The van der Waals surface area contributed by atoms with Crippen molar-refractivity contribution in [3.63, 3.8) is 0 Å². The van der Waals surface area contributed by atoms with Gasteiger partial charge in [0.15, 0.2) is 5.96 Å². The van der Waals surface area contributed by atoms with E-state index in [2.05, 4.69) is 33.8 Å². The van der Waals surface area contributed by atoms with E-state index in [1.165, 1.54) is 0 Å². The standard InChI is InChI=1S/C16H18N4O2/c1-11-13-5-3-4-6-14(13)22-15(11)10-19-16(17-2)18-9-12-7-8-21-20-12/h3-8H,9-10H2,1-2H3,(H2,17,18,19). The highest BCUT2D eigenvalue weighted by atomic mass is 16.5. The lowest BCUT2D eigenvalue weighted by Gasteiger charge is -2.09. The fraction of sp³-hybridized carbons (Fsp3) is 0.250. The zero-order valence-corrected chi connectivity index (χ0v) is 12.6. The van der Waals surface area contributed by atoms with E-state index in [4.69, 9.17) is 8.94 Å². The molecule has 1 aromatic carbocycles. The van der Waals surface area contributed by atoms with Crippen molar-refractivity contribution in [1.82, 2.24) is 15.8 Å². The number of nitrogens with zero attached hydrogens (tertiary/aromatic N) is 2. The molecule has 114 valence electrons. The molecular weight excluding hydrogens is 280 g/mol. The molecule has 2 N–H and O–H groups in total. The smallest absolute Gasteiger partial charge is 0.191 e. The molecule has 0 unspecified atom stereocenters. The normalized spacial score (nSPS) is 11.8. The average Bonchev–Trinajstić information content (AvgIpc) is 3.17. The molecule has 0 saturated heterocycles. The van der Waals surface area contributed by atoms with Crippen LogP contribution in [0.2, 0.25) is 0 Å². The maximum atomic E-state index is 5.87. The minimum atomic E-state index is 0.551. The van der Waals surface area contributed by atoms with Crippen LogP contribution in [0, 0.1) is 6.92 Å². The number of hydrogen-bond donors (Lipinski definition) is 2. The fourth-order valence-electron chi connectivity index (χ4n) is 2.28. The van der Waals surface area contributed by atoms with E-state index >= 15 is 0 Å². The fourth-order valence-corrected chi connectivity index (χ4v) is 2.28. The van der Waals surface area contributed by atoms with Crippen molar-refractivity contribution in [2.24, 2.45) is 4.99 Å². The lowest BCUT2D eigenvalue weighted by Crippen LogP contribution is -2.36. The summed E-state index contributed by atoms with van der Waals surface area (Å²) in [6.45, 7) is 3.18. The van der Waals surface area contributed by atoms with Crippen LogP contribution in [0.5, 0.6) is 0 Å². The number of guanidine groups is 1. The molecule has 22 heavy (non-hydrogen) atoms. The molecule has 0 spiro atoms. The molecule has 0 atom stereocenters. The number of fused-ring (bicyclic) bond motifs is 1. The third-order valence-corrected chi connectivity index (χ3v) is 3.51. The predicted molar refractivity (Wildman–Crippen MR) is 84.5 cm³/mol. The lowest BCUT2D eigenvalue weighted by molar-refractivity contribution is 0.410. The molecule has 0 bridgehead atoms. The van der Waals surface area contributed by atoms with Crippen molar-refractivity contribution in [2.45, 2.75) is 20.0 Å². The Morgan fingerprint density at radius 2 is 2.00 bits per heavy atom. The Balaban J connectivity index is 1.63. The summed E-state index contributed by atoms with van der Waals surface area (Å²) in [5.74, 6) is 1.59. The summed E-state index contributed by atoms with van der Waals surface area (Å²) in [7, 11) is 1.73. The van der Waals surface area contributed by atoms with Gasteiger partial charge in [0.05, 0.1) is 13.1 Å². The maximum Gasteiger partial charge on any atom is 0.191 e. The highest BCUT2D eigenvalue weighted by Crippen LogP contribution is 2.24. The zero-order chi connectivity index (χ0) is 15.4. The first-order valence-electron chi connectivity index (χ1n) is 7.08. The Hall–Kier alpha value is -2.76. The van der Waals surface area contributed by atoms with Gasteiger partial charge in [-0.1, -0.05) is 23.4 Å². The first-order chi connectivity index (χ1) is 10.8. The van der Waals surface area contributed by atoms with Crippen LogP contribution in [0.3, 0.4) is 0 Å². The monoisotopic (exact) mass is 298 g/mol. The molecule has 3 aromatic rings. The van der Waals surface area contributed by atoms with Crippen LogP contribution in [0.4, 0.5) is 0 Å². The Kier molecular flexibility index (Phi) is 4.09.